The van der Waals surface area contributed by atoms with E-state index in [1.807, 2.05) is 19.9 Å². The maximum absolute atomic E-state index is 12.4. The topological polar surface area (TPSA) is 60.8 Å². The van der Waals surface area contributed by atoms with Crippen LogP contribution in [0, 0.1) is 11.8 Å². The molecule has 0 radical (unpaired) electrons. The minimum Gasteiger partial charge on any atom is -0.395 e. The van der Waals surface area contributed by atoms with Gasteiger partial charge in [0, 0.05) is 30.1 Å². The van der Waals surface area contributed by atoms with E-state index >= 15 is 0 Å². The molecule has 0 atom stereocenters. The lowest BCUT2D eigenvalue weighted by atomic mass is 10.1. The summed E-state index contributed by atoms with van der Waals surface area (Å²) in [6.45, 7) is 4.12. The summed E-state index contributed by atoms with van der Waals surface area (Å²) in [4.78, 5) is 14.0. The van der Waals surface area contributed by atoms with Gasteiger partial charge in [0.2, 0.25) is 0 Å². The first-order valence-corrected chi connectivity index (χ1v) is 6.71. The summed E-state index contributed by atoms with van der Waals surface area (Å²) < 4.78 is 0. The number of amides is 1. The average Bonchev–Trinajstić information content (AvgIpc) is 2.44. The minimum atomic E-state index is -0.111. The Hall–Kier alpha value is -1.83. The van der Waals surface area contributed by atoms with Crippen LogP contribution in [0.5, 0.6) is 0 Å². The molecule has 1 aromatic carbocycles. The van der Waals surface area contributed by atoms with Crippen LogP contribution in [0.15, 0.2) is 24.3 Å². The van der Waals surface area contributed by atoms with Crippen molar-refractivity contribution in [2.24, 2.45) is 0 Å². The first kappa shape index (κ1) is 16.2. The Labute approximate surface area is 120 Å². The number of carbonyl (C=O) groups excluding carboxylic acids is 1. The summed E-state index contributed by atoms with van der Waals surface area (Å²) in [7, 11) is 0. The third kappa shape index (κ3) is 4.69. The summed E-state index contributed by atoms with van der Waals surface area (Å²) >= 11 is 0. The molecule has 1 amide bonds. The summed E-state index contributed by atoms with van der Waals surface area (Å²) in [5, 5.41) is 17.7. The van der Waals surface area contributed by atoms with Crippen LogP contribution in [0.25, 0.3) is 0 Å². The number of rotatable bonds is 5. The molecule has 0 aliphatic rings. The molecule has 1 rings (SSSR count). The number of aliphatic hydroxyl groups is 2. The summed E-state index contributed by atoms with van der Waals surface area (Å²) in [5.41, 5.74) is 1.31. The van der Waals surface area contributed by atoms with E-state index in [-0.39, 0.29) is 25.2 Å². The molecule has 4 nitrogen and oxygen atoms in total. The maximum Gasteiger partial charge on any atom is 0.254 e. The zero-order chi connectivity index (χ0) is 15.0. The van der Waals surface area contributed by atoms with Gasteiger partial charge < -0.3 is 15.1 Å². The maximum atomic E-state index is 12.4. The van der Waals surface area contributed by atoms with Crippen molar-refractivity contribution in [3.05, 3.63) is 35.4 Å². The number of carbonyl (C=O) groups is 1. The van der Waals surface area contributed by atoms with Gasteiger partial charge in [-0.25, -0.2) is 0 Å². The molecule has 0 heterocycles. The summed E-state index contributed by atoms with van der Waals surface area (Å²) in [5.74, 6) is 5.63. The van der Waals surface area contributed by atoms with Crippen LogP contribution in [0.2, 0.25) is 0 Å². The highest BCUT2D eigenvalue weighted by Crippen LogP contribution is 2.10. The highest BCUT2D eigenvalue weighted by molar-refractivity contribution is 5.94. The lowest BCUT2D eigenvalue weighted by molar-refractivity contribution is 0.0665. The smallest absolute Gasteiger partial charge is 0.254 e. The van der Waals surface area contributed by atoms with Gasteiger partial charge in [-0.3, -0.25) is 4.79 Å². The van der Waals surface area contributed by atoms with Gasteiger partial charge in [-0.2, -0.15) is 0 Å². The van der Waals surface area contributed by atoms with Crippen molar-refractivity contribution in [3.8, 4) is 11.8 Å². The fourth-order valence-corrected chi connectivity index (χ4v) is 1.82. The number of benzene rings is 1. The molecule has 4 heteroatoms. The highest BCUT2D eigenvalue weighted by atomic mass is 16.3. The van der Waals surface area contributed by atoms with Crippen LogP contribution < -0.4 is 0 Å². The Kier molecular flexibility index (Phi) is 6.78. The lowest BCUT2D eigenvalue weighted by Crippen LogP contribution is -2.39. The monoisotopic (exact) mass is 275 g/mol. The Morgan fingerprint density at radius 3 is 2.65 bits per heavy atom. The summed E-state index contributed by atoms with van der Waals surface area (Å²) in [6, 6.07) is 7.12. The van der Waals surface area contributed by atoms with Crippen LogP contribution in [-0.2, 0) is 0 Å². The van der Waals surface area contributed by atoms with Crippen molar-refractivity contribution in [1.82, 2.24) is 4.90 Å². The molecule has 0 aliphatic carbocycles. The molecule has 0 saturated heterocycles. The second-order valence-electron chi connectivity index (χ2n) is 4.67. The van der Waals surface area contributed by atoms with Gasteiger partial charge in [0.1, 0.15) is 0 Å². The third-order valence-electron chi connectivity index (χ3n) is 2.80. The molecule has 0 spiro atoms. The van der Waals surface area contributed by atoms with Gasteiger partial charge in [0.25, 0.3) is 5.91 Å². The van der Waals surface area contributed by atoms with E-state index in [4.69, 9.17) is 10.2 Å². The highest BCUT2D eigenvalue weighted by Gasteiger charge is 2.18. The normalized spacial score (nSPS) is 10.1. The van der Waals surface area contributed by atoms with Crippen molar-refractivity contribution < 1.29 is 15.0 Å². The predicted octanol–water partition coefficient (Wildman–Crippen LogP) is 1.26. The number of aliphatic hydroxyl groups excluding tert-OH is 2. The number of nitrogens with zero attached hydrogens (tertiary/aromatic N) is 1. The largest absolute Gasteiger partial charge is 0.395 e. The molecule has 108 valence electrons. The first-order valence-electron chi connectivity index (χ1n) is 6.71. The van der Waals surface area contributed by atoms with Crippen molar-refractivity contribution in [2.75, 3.05) is 19.8 Å². The standard InChI is InChI=1S/C16H21NO3/c1-13(2)17(9-11-19)16(20)15-8-5-7-14(12-15)6-3-4-10-18/h5,7-8,12-13,18-19H,4,9-11H2,1-2H3. The first-order chi connectivity index (χ1) is 9.60. The quantitative estimate of drug-likeness (QED) is 0.795. The van der Waals surface area contributed by atoms with E-state index in [0.717, 1.165) is 5.56 Å². The second-order valence-corrected chi connectivity index (χ2v) is 4.67. The van der Waals surface area contributed by atoms with E-state index in [2.05, 4.69) is 11.8 Å². The van der Waals surface area contributed by atoms with Crippen LogP contribution in [0.3, 0.4) is 0 Å². The predicted molar refractivity (Wildman–Crippen MR) is 78.3 cm³/mol. The molecule has 1 aromatic rings. The van der Waals surface area contributed by atoms with Crippen LogP contribution in [0.1, 0.15) is 36.2 Å². The van der Waals surface area contributed by atoms with Crippen molar-refractivity contribution in [3.63, 3.8) is 0 Å². The van der Waals surface area contributed by atoms with Crippen molar-refractivity contribution >= 4 is 5.91 Å². The van der Waals surface area contributed by atoms with Gasteiger partial charge in [0.05, 0.1) is 13.2 Å². The molecule has 0 aromatic heterocycles. The Bertz CT molecular complexity index is 500. The Balaban J connectivity index is 2.93. The molecule has 0 fully saturated rings. The Morgan fingerprint density at radius 2 is 2.05 bits per heavy atom. The van der Waals surface area contributed by atoms with Crippen LogP contribution in [-0.4, -0.2) is 46.8 Å². The molecular formula is C16H21NO3. The number of hydrogen-bond acceptors (Lipinski definition) is 3. The van der Waals surface area contributed by atoms with E-state index < -0.39 is 0 Å². The molecular weight excluding hydrogens is 254 g/mol. The lowest BCUT2D eigenvalue weighted by Gasteiger charge is -2.26. The third-order valence-corrected chi connectivity index (χ3v) is 2.80. The van der Waals surface area contributed by atoms with Gasteiger partial charge in [0.15, 0.2) is 0 Å². The second kappa shape index (κ2) is 8.36. The zero-order valence-corrected chi connectivity index (χ0v) is 12.0. The fraction of sp³-hybridized carbons (Fsp3) is 0.438. The van der Waals surface area contributed by atoms with E-state index in [1.165, 1.54) is 0 Å². The van der Waals surface area contributed by atoms with Gasteiger partial charge in [-0.15, -0.1) is 0 Å². The molecule has 0 aliphatic heterocycles. The fourth-order valence-electron chi connectivity index (χ4n) is 1.82. The molecule has 0 bridgehead atoms. The van der Waals surface area contributed by atoms with Gasteiger partial charge in [-0.05, 0) is 32.0 Å². The SMILES string of the molecule is CC(C)N(CCO)C(=O)c1cccc(C#CCCO)c1. The average molecular weight is 275 g/mol. The van der Waals surface area contributed by atoms with Crippen molar-refractivity contribution in [1.29, 1.82) is 0 Å². The zero-order valence-electron chi connectivity index (χ0n) is 12.0. The summed E-state index contributed by atoms with van der Waals surface area (Å²) in [6.07, 6.45) is 0.417. The molecule has 2 N–H and O–H groups in total. The van der Waals surface area contributed by atoms with E-state index in [0.29, 0.717) is 18.5 Å². The van der Waals surface area contributed by atoms with Crippen molar-refractivity contribution in [2.45, 2.75) is 26.3 Å². The number of hydrogen-bond donors (Lipinski definition) is 2. The van der Waals surface area contributed by atoms with Gasteiger partial charge >= 0.3 is 0 Å². The van der Waals surface area contributed by atoms with Crippen LogP contribution in [0.4, 0.5) is 0 Å². The van der Waals surface area contributed by atoms with E-state index in [9.17, 15) is 4.79 Å². The molecule has 0 unspecified atom stereocenters. The van der Waals surface area contributed by atoms with Crippen LogP contribution >= 0.6 is 0 Å². The van der Waals surface area contributed by atoms with E-state index in [1.54, 1.807) is 23.1 Å². The Morgan fingerprint density at radius 1 is 1.30 bits per heavy atom. The van der Waals surface area contributed by atoms with Gasteiger partial charge in [-0.1, -0.05) is 17.9 Å². The molecule has 0 saturated carbocycles. The minimum absolute atomic E-state index is 0.0266. The molecule has 20 heavy (non-hydrogen) atoms.